The smallest absolute Gasteiger partial charge is 0.332 e. The van der Waals surface area contributed by atoms with Gasteiger partial charge in [-0.05, 0) is 19.3 Å². The number of quaternary nitrogens is 1. The lowest BCUT2D eigenvalue weighted by molar-refractivity contribution is -0.878. The van der Waals surface area contributed by atoms with Crippen LogP contribution in [0.3, 0.4) is 0 Å². The third kappa shape index (κ3) is 14.9. The summed E-state index contributed by atoms with van der Waals surface area (Å²) in [6.45, 7) is 5.50. The Balaban J connectivity index is 1.89. The number of rotatable bonds is 17. The van der Waals surface area contributed by atoms with E-state index in [-0.39, 0.29) is 0 Å². The molecule has 0 aliphatic carbocycles. The van der Waals surface area contributed by atoms with Crippen molar-refractivity contribution < 1.29 is 18.5 Å². The molecule has 1 rings (SSSR count). The lowest BCUT2D eigenvalue weighted by Crippen LogP contribution is -3.08. The minimum absolute atomic E-state index is 0.315. The van der Waals surface area contributed by atoms with Crippen LogP contribution in [-0.2, 0) is 13.6 Å². The van der Waals surface area contributed by atoms with Gasteiger partial charge in [-0.3, -0.25) is 0 Å². The van der Waals surface area contributed by atoms with E-state index in [1.54, 1.807) is 12.0 Å². The molecule has 27 heavy (non-hydrogen) atoms. The molecule has 1 N–H and O–H groups in total. The summed E-state index contributed by atoms with van der Waals surface area (Å²) in [5.74, 6) is 0. The van der Waals surface area contributed by atoms with Gasteiger partial charge < -0.3 is 18.5 Å². The highest BCUT2D eigenvalue weighted by Crippen LogP contribution is 2.41. The van der Waals surface area contributed by atoms with Gasteiger partial charge in [0.1, 0.15) is 0 Å². The van der Waals surface area contributed by atoms with Crippen LogP contribution in [0.2, 0.25) is 0 Å². The van der Waals surface area contributed by atoms with Crippen LogP contribution in [-0.4, -0.2) is 40.0 Å². The fraction of sp³-hybridized carbons (Fsp3) is 1.00. The predicted octanol–water partition coefficient (Wildman–Crippen LogP) is 5.66. The van der Waals surface area contributed by atoms with E-state index in [1.807, 2.05) is 0 Å². The third-order valence-corrected chi connectivity index (χ3v) is 6.76. The van der Waals surface area contributed by atoms with Crippen molar-refractivity contribution in [3.05, 3.63) is 0 Å². The van der Waals surface area contributed by atoms with Gasteiger partial charge in [0.05, 0.1) is 32.8 Å². The molecule has 1 fully saturated rings. The SMILES string of the molecule is CCCCCCCCCCCCCCOP(OC)OC1CCC[NH+](C)CC1. The van der Waals surface area contributed by atoms with E-state index < -0.39 is 8.60 Å². The predicted molar refractivity (Wildman–Crippen MR) is 116 cm³/mol. The van der Waals surface area contributed by atoms with Crippen molar-refractivity contribution in [1.82, 2.24) is 0 Å². The molecule has 3 atom stereocenters. The van der Waals surface area contributed by atoms with Gasteiger partial charge >= 0.3 is 8.60 Å². The first-order valence-electron chi connectivity index (χ1n) is 11.7. The molecule has 162 valence electrons. The van der Waals surface area contributed by atoms with Crippen LogP contribution in [0.15, 0.2) is 0 Å². The Bertz CT molecular complexity index is 320. The maximum atomic E-state index is 6.08. The van der Waals surface area contributed by atoms with Crippen LogP contribution >= 0.6 is 8.60 Å². The lowest BCUT2D eigenvalue weighted by Gasteiger charge is -2.20. The van der Waals surface area contributed by atoms with Gasteiger partial charge in [-0.2, -0.15) is 0 Å². The third-order valence-electron chi connectivity index (χ3n) is 5.60. The van der Waals surface area contributed by atoms with E-state index in [4.69, 9.17) is 13.6 Å². The molecule has 4 nitrogen and oxygen atoms in total. The van der Waals surface area contributed by atoms with Gasteiger partial charge in [0.25, 0.3) is 0 Å². The summed E-state index contributed by atoms with van der Waals surface area (Å²) in [5.41, 5.74) is 0. The number of nitrogens with one attached hydrogen (secondary N) is 1. The lowest BCUT2D eigenvalue weighted by atomic mass is 10.1. The second-order valence-electron chi connectivity index (χ2n) is 8.24. The minimum atomic E-state index is -1.16. The first-order chi connectivity index (χ1) is 13.3. The van der Waals surface area contributed by atoms with Crippen LogP contribution < -0.4 is 4.90 Å². The van der Waals surface area contributed by atoms with E-state index in [1.165, 1.54) is 90.1 Å². The zero-order chi connectivity index (χ0) is 19.6. The zero-order valence-electron chi connectivity index (χ0n) is 18.5. The average Bonchev–Trinajstić information content (AvgIpc) is 2.88. The molecule has 0 spiro atoms. The molecule has 1 heterocycles. The summed E-state index contributed by atoms with van der Waals surface area (Å²) in [6, 6.07) is 0. The second kappa shape index (κ2) is 18.3. The number of unbranched alkanes of at least 4 members (excludes halogenated alkanes) is 11. The first kappa shape index (κ1) is 25.3. The van der Waals surface area contributed by atoms with Crippen molar-refractivity contribution in [3.63, 3.8) is 0 Å². The summed E-state index contributed by atoms with van der Waals surface area (Å²) in [5, 5.41) is 0. The Hall–Kier alpha value is 0.270. The maximum absolute atomic E-state index is 6.08. The molecule has 1 saturated heterocycles. The highest BCUT2D eigenvalue weighted by atomic mass is 31.2. The molecule has 0 amide bonds. The molecular formula is C22H47NO3P+. The molecule has 0 saturated carbocycles. The molecule has 0 aromatic heterocycles. The van der Waals surface area contributed by atoms with Gasteiger partial charge in [0, 0.05) is 13.5 Å². The van der Waals surface area contributed by atoms with Crippen LogP contribution in [0.1, 0.15) is 103 Å². The molecule has 0 radical (unpaired) electrons. The highest BCUT2D eigenvalue weighted by Gasteiger charge is 2.22. The second-order valence-corrected chi connectivity index (χ2v) is 9.53. The first-order valence-corrected chi connectivity index (χ1v) is 12.8. The van der Waals surface area contributed by atoms with Crippen LogP contribution in [0.5, 0.6) is 0 Å². The Kier molecular flexibility index (Phi) is 17.2. The molecule has 1 aliphatic rings. The van der Waals surface area contributed by atoms with Crippen LogP contribution in [0.4, 0.5) is 0 Å². The van der Waals surface area contributed by atoms with Crippen LogP contribution in [0.25, 0.3) is 0 Å². The van der Waals surface area contributed by atoms with E-state index in [0.29, 0.717) is 6.10 Å². The fourth-order valence-electron chi connectivity index (χ4n) is 3.74. The monoisotopic (exact) mass is 404 g/mol. The summed E-state index contributed by atoms with van der Waals surface area (Å²) in [6.07, 6.45) is 20.2. The minimum Gasteiger partial charge on any atom is -0.337 e. The quantitative estimate of drug-likeness (QED) is 0.251. The zero-order valence-corrected chi connectivity index (χ0v) is 19.4. The number of likely N-dealkylation sites (tertiary alicyclic amines) is 1. The highest BCUT2D eigenvalue weighted by molar-refractivity contribution is 7.41. The molecule has 1 aliphatic heterocycles. The Morgan fingerprint density at radius 2 is 1.41 bits per heavy atom. The van der Waals surface area contributed by atoms with Crippen molar-refractivity contribution in [2.45, 2.75) is 109 Å². The van der Waals surface area contributed by atoms with Crippen molar-refractivity contribution in [1.29, 1.82) is 0 Å². The Morgan fingerprint density at radius 1 is 0.815 bits per heavy atom. The summed E-state index contributed by atoms with van der Waals surface area (Å²) in [4.78, 5) is 1.61. The van der Waals surface area contributed by atoms with Gasteiger partial charge in [-0.1, -0.05) is 77.6 Å². The summed E-state index contributed by atoms with van der Waals surface area (Å²) in [7, 11) is 2.82. The standard InChI is InChI=1S/C22H46NO3P/c1-4-5-6-7-8-9-10-11-12-13-14-15-21-25-27(24-3)26-22-17-16-19-23(2)20-18-22/h22H,4-21H2,1-3H3/p+1. The van der Waals surface area contributed by atoms with Crippen molar-refractivity contribution in [3.8, 4) is 0 Å². The van der Waals surface area contributed by atoms with Crippen molar-refractivity contribution >= 4 is 8.60 Å². The van der Waals surface area contributed by atoms with E-state index in [2.05, 4.69) is 14.0 Å². The molecule has 3 unspecified atom stereocenters. The molecule has 0 aromatic carbocycles. The Labute approximate surface area is 170 Å². The van der Waals surface area contributed by atoms with Crippen molar-refractivity contribution in [2.75, 3.05) is 33.9 Å². The van der Waals surface area contributed by atoms with Gasteiger partial charge in [0.2, 0.25) is 0 Å². The average molecular weight is 405 g/mol. The molecule has 0 bridgehead atoms. The van der Waals surface area contributed by atoms with Gasteiger partial charge in [0.15, 0.2) is 0 Å². The largest absolute Gasteiger partial charge is 0.337 e. The summed E-state index contributed by atoms with van der Waals surface area (Å²) >= 11 is 0. The fourth-order valence-corrected chi connectivity index (χ4v) is 4.73. The molecule has 5 heteroatoms. The summed E-state index contributed by atoms with van der Waals surface area (Å²) < 4.78 is 17.4. The molecule has 0 aromatic rings. The molecular weight excluding hydrogens is 357 g/mol. The normalized spacial score (nSPS) is 21.9. The number of hydrogen-bond acceptors (Lipinski definition) is 3. The van der Waals surface area contributed by atoms with Crippen LogP contribution in [0, 0.1) is 0 Å². The van der Waals surface area contributed by atoms with Gasteiger partial charge in [-0.25, -0.2) is 0 Å². The topological polar surface area (TPSA) is 32.1 Å². The number of hydrogen-bond donors (Lipinski definition) is 1. The van der Waals surface area contributed by atoms with E-state index in [0.717, 1.165) is 25.9 Å². The van der Waals surface area contributed by atoms with Crippen molar-refractivity contribution in [2.24, 2.45) is 0 Å². The van der Waals surface area contributed by atoms with E-state index >= 15 is 0 Å². The van der Waals surface area contributed by atoms with E-state index in [9.17, 15) is 0 Å². The Morgan fingerprint density at radius 3 is 2.00 bits per heavy atom. The maximum Gasteiger partial charge on any atom is 0.332 e. The van der Waals surface area contributed by atoms with Gasteiger partial charge in [-0.15, -0.1) is 0 Å².